The lowest BCUT2D eigenvalue weighted by molar-refractivity contribution is 0.0924. The van der Waals surface area contributed by atoms with Gasteiger partial charge in [-0.15, -0.1) is 0 Å². The molecule has 1 unspecified atom stereocenters. The van der Waals surface area contributed by atoms with Gasteiger partial charge in [0.2, 0.25) is 0 Å². The van der Waals surface area contributed by atoms with Crippen molar-refractivity contribution in [2.24, 2.45) is 5.92 Å². The van der Waals surface area contributed by atoms with Crippen LogP contribution in [0.15, 0.2) is 22.7 Å². The van der Waals surface area contributed by atoms with Crippen molar-refractivity contribution in [3.8, 4) is 5.75 Å². The van der Waals surface area contributed by atoms with Crippen LogP contribution in [0.1, 0.15) is 12.0 Å². The molecule has 0 bridgehead atoms. The summed E-state index contributed by atoms with van der Waals surface area (Å²) in [6, 6.07) is 6.04. The van der Waals surface area contributed by atoms with E-state index in [9.17, 15) is 0 Å². The predicted octanol–water partition coefficient (Wildman–Crippen LogP) is 2.58. The standard InChI is InChI=1S/C13H18BrNO2/c1-16-13-3-2-10(6-12(13)14)8-17-9-11-4-5-15-7-11/h2-3,6,11,15H,4-5,7-9H2,1H3. The highest BCUT2D eigenvalue weighted by atomic mass is 79.9. The quantitative estimate of drug-likeness (QED) is 0.906. The molecule has 1 aromatic rings. The van der Waals surface area contributed by atoms with Gasteiger partial charge in [-0.05, 0) is 52.5 Å². The SMILES string of the molecule is COc1ccc(COCC2CCNC2)cc1Br. The van der Waals surface area contributed by atoms with Gasteiger partial charge in [0.25, 0.3) is 0 Å². The summed E-state index contributed by atoms with van der Waals surface area (Å²) >= 11 is 3.47. The fourth-order valence-corrected chi connectivity index (χ4v) is 2.59. The molecule has 4 heteroatoms. The molecule has 1 heterocycles. The molecule has 0 aromatic heterocycles. The average molecular weight is 300 g/mol. The zero-order chi connectivity index (χ0) is 12.1. The average Bonchev–Trinajstić information content (AvgIpc) is 2.82. The zero-order valence-electron chi connectivity index (χ0n) is 10.0. The van der Waals surface area contributed by atoms with Crippen LogP contribution >= 0.6 is 15.9 Å². The topological polar surface area (TPSA) is 30.5 Å². The van der Waals surface area contributed by atoms with Gasteiger partial charge in [-0.2, -0.15) is 0 Å². The van der Waals surface area contributed by atoms with Crippen LogP contribution in [0.5, 0.6) is 5.75 Å². The van der Waals surface area contributed by atoms with Crippen molar-refractivity contribution in [2.45, 2.75) is 13.0 Å². The summed E-state index contributed by atoms with van der Waals surface area (Å²) in [6.07, 6.45) is 1.23. The molecule has 0 aliphatic carbocycles. The Bertz CT molecular complexity index is 364. The molecule has 17 heavy (non-hydrogen) atoms. The molecule has 2 rings (SSSR count). The number of nitrogens with one attached hydrogen (secondary N) is 1. The van der Waals surface area contributed by atoms with E-state index in [1.807, 2.05) is 18.2 Å². The van der Waals surface area contributed by atoms with Crippen molar-refractivity contribution >= 4 is 15.9 Å². The number of halogens is 1. The Hall–Kier alpha value is -0.580. The van der Waals surface area contributed by atoms with Crippen LogP contribution in [-0.4, -0.2) is 26.8 Å². The number of rotatable bonds is 5. The molecule has 1 N–H and O–H groups in total. The van der Waals surface area contributed by atoms with E-state index in [1.54, 1.807) is 7.11 Å². The van der Waals surface area contributed by atoms with Crippen molar-refractivity contribution < 1.29 is 9.47 Å². The first kappa shape index (κ1) is 12.9. The second-order valence-electron chi connectivity index (χ2n) is 4.34. The van der Waals surface area contributed by atoms with E-state index in [-0.39, 0.29) is 0 Å². The lowest BCUT2D eigenvalue weighted by Gasteiger charge is -2.10. The lowest BCUT2D eigenvalue weighted by atomic mass is 10.1. The van der Waals surface area contributed by atoms with Crippen LogP contribution in [-0.2, 0) is 11.3 Å². The Morgan fingerprint density at radius 2 is 2.35 bits per heavy atom. The molecule has 0 saturated carbocycles. The summed E-state index contributed by atoms with van der Waals surface area (Å²) in [7, 11) is 1.67. The first-order chi connectivity index (χ1) is 8.29. The third-order valence-electron chi connectivity index (χ3n) is 3.00. The zero-order valence-corrected chi connectivity index (χ0v) is 11.6. The molecule has 1 aromatic carbocycles. The van der Waals surface area contributed by atoms with Gasteiger partial charge in [-0.1, -0.05) is 6.07 Å². The minimum Gasteiger partial charge on any atom is -0.496 e. The monoisotopic (exact) mass is 299 g/mol. The molecule has 1 saturated heterocycles. The number of hydrogen-bond acceptors (Lipinski definition) is 3. The summed E-state index contributed by atoms with van der Waals surface area (Å²) in [4.78, 5) is 0. The van der Waals surface area contributed by atoms with Gasteiger partial charge >= 0.3 is 0 Å². The van der Waals surface area contributed by atoms with E-state index in [4.69, 9.17) is 9.47 Å². The molecule has 0 spiro atoms. The molecule has 1 fully saturated rings. The fraction of sp³-hybridized carbons (Fsp3) is 0.538. The minimum atomic E-state index is 0.666. The second-order valence-corrected chi connectivity index (χ2v) is 5.20. The summed E-state index contributed by atoms with van der Waals surface area (Å²) in [5.41, 5.74) is 1.17. The van der Waals surface area contributed by atoms with Gasteiger partial charge < -0.3 is 14.8 Å². The third kappa shape index (κ3) is 3.69. The number of hydrogen-bond donors (Lipinski definition) is 1. The van der Waals surface area contributed by atoms with Crippen LogP contribution in [0.25, 0.3) is 0 Å². The smallest absolute Gasteiger partial charge is 0.133 e. The van der Waals surface area contributed by atoms with Gasteiger partial charge in [0, 0.05) is 6.54 Å². The molecule has 1 aliphatic rings. The van der Waals surface area contributed by atoms with Crippen LogP contribution in [0, 0.1) is 5.92 Å². The largest absolute Gasteiger partial charge is 0.496 e. The highest BCUT2D eigenvalue weighted by Crippen LogP contribution is 2.25. The van der Waals surface area contributed by atoms with E-state index in [0.717, 1.165) is 29.9 Å². The van der Waals surface area contributed by atoms with Gasteiger partial charge in [0.05, 0.1) is 24.8 Å². The predicted molar refractivity (Wildman–Crippen MR) is 71.3 cm³/mol. The summed E-state index contributed by atoms with van der Waals surface area (Å²) in [5.74, 6) is 1.53. The fourth-order valence-electron chi connectivity index (χ4n) is 2.00. The van der Waals surface area contributed by atoms with Gasteiger partial charge in [0.15, 0.2) is 0 Å². The second kappa shape index (κ2) is 6.38. The van der Waals surface area contributed by atoms with Gasteiger partial charge in [0.1, 0.15) is 5.75 Å². The van der Waals surface area contributed by atoms with Crippen LogP contribution in [0.3, 0.4) is 0 Å². The Morgan fingerprint density at radius 3 is 3.00 bits per heavy atom. The Morgan fingerprint density at radius 1 is 1.47 bits per heavy atom. The van der Waals surface area contributed by atoms with Crippen molar-refractivity contribution in [1.82, 2.24) is 5.32 Å². The summed E-state index contributed by atoms with van der Waals surface area (Å²) in [5, 5.41) is 3.34. The maximum atomic E-state index is 5.73. The van der Waals surface area contributed by atoms with E-state index in [0.29, 0.717) is 12.5 Å². The van der Waals surface area contributed by atoms with Crippen LogP contribution < -0.4 is 10.1 Å². The first-order valence-corrected chi connectivity index (χ1v) is 6.70. The van der Waals surface area contributed by atoms with E-state index in [1.165, 1.54) is 12.0 Å². The molecule has 1 aliphatic heterocycles. The number of benzene rings is 1. The number of methoxy groups -OCH3 is 1. The van der Waals surface area contributed by atoms with E-state index >= 15 is 0 Å². The Balaban J connectivity index is 1.80. The Labute approximate surface area is 111 Å². The Kier molecular flexibility index (Phi) is 4.83. The van der Waals surface area contributed by atoms with Crippen molar-refractivity contribution in [3.05, 3.63) is 28.2 Å². The molecule has 3 nitrogen and oxygen atoms in total. The van der Waals surface area contributed by atoms with E-state index in [2.05, 4.69) is 21.2 Å². The minimum absolute atomic E-state index is 0.666. The first-order valence-electron chi connectivity index (χ1n) is 5.90. The number of ether oxygens (including phenoxy) is 2. The molecule has 0 radical (unpaired) electrons. The maximum absolute atomic E-state index is 5.73. The van der Waals surface area contributed by atoms with E-state index < -0.39 is 0 Å². The summed E-state index contributed by atoms with van der Waals surface area (Å²) < 4.78 is 11.9. The molecule has 1 atom stereocenters. The summed E-state index contributed by atoms with van der Waals surface area (Å²) in [6.45, 7) is 3.73. The lowest BCUT2D eigenvalue weighted by Crippen LogP contribution is -2.13. The molecular formula is C13H18BrNO2. The molecule has 0 amide bonds. The highest BCUT2D eigenvalue weighted by Gasteiger charge is 2.14. The van der Waals surface area contributed by atoms with Crippen LogP contribution in [0.4, 0.5) is 0 Å². The normalized spacial score (nSPS) is 19.5. The van der Waals surface area contributed by atoms with Gasteiger partial charge in [-0.3, -0.25) is 0 Å². The van der Waals surface area contributed by atoms with Crippen molar-refractivity contribution in [2.75, 3.05) is 26.8 Å². The molecule has 94 valence electrons. The highest BCUT2D eigenvalue weighted by molar-refractivity contribution is 9.10. The third-order valence-corrected chi connectivity index (χ3v) is 3.62. The molecular weight excluding hydrogens is 282 g/mol. The van der Waals surface area contributed by atoms with Gasteiger partial charge in [-0.25, -0.2) is 0 Å². The van der Waals surface area contributed by atoms with Crippen LogP contribution in [0.2, 0.25) is 0 Å². The maximum Gasteiger partial charge on any atom is 0.133 e. The van der Waals surface area contributed by atoms with Crippen molar-refractivity contribution in [3.63, 3.8) is 0 Å². The van der Waals surface area contributed by atoms with Crippen molar-refractivity contribution in [1.29, 1.82) is 0 Å².